The lowest BCUT2D eigenvalue weighted by atomic mass is 10.1. The Bertz CT molecular complexity index is 717. The molecule has 2 rings (SSSR count). The van der Waals surface area contributed by atoms with Crippen molar-refractivity contribution in [1.82, 2.24) is 0 Å². The molecule has 0 aliphatic rings. The smallest absolute Gasteiger partial charge is 0.185 e. The first-order chi connectivity index (χ1) is 12.1. The van der Waals surface area contributed by atoms with Crippen molar-refractivity contribution >= 4 is 11.9 Å². The van der Waals surface area contributed by atoms with Crippen molar-refractivity contribution in [3.05, 3.63) is 59.7 Å². The van der Waals surface area contributed by atoms with Gasteiger partial charge in [0.1, 0.15) is 17.2 Å². The number of rotatable bonds is 9. The number of hydrogen-bond acceptors (Lipinski definition) is 4. The third-order valence-corrected chi connectivity index (χ3v) is 3.49. The quantitative estimate of drug-likeness (QED) is 0.523. The van der Waals surface area contributed by atoms with E-state index in [-0.39, 0.29) is 11.5 Å². The van der Waals surface area contributed by atoms with E-state index in [0.29, 0.717) is 24.5 Å². The van der Waals surface area contributed by atoms with Crippen molar-refractivity contribution in [1.29, 1.82) is 0 Å². The number of benzene rings is 2. The normalized spacial score (nSPS) is 10.8. The Hall–Kier alpha value is -2.75. The summed E-state index contributed by atoms with van der Waals surface area (Å²) in [4.78, 5) is 12.2. The monoisotopic (exact) mass is 340 g/mol. The molecule has 0 spiro atoms. The lowest BCUT2D eigenvalue weighted by molar-refractivity contribution is 0.104. The topological polar surface area (TPSA) is 55.8 Å². The van der Waals surface area contributed by atoms with Crippen LogP contribution in [0.3, 0.4) is 0 Å². The first kappa shape index (κ1) is 18.6. The van der Waals surface area contributed by atoms with Crippen molar-refractivity contribution in [2.75, 3.05) is 13.2 Å². The van der Waals surface area contributed by atoms with Gasteiger partial charge in [0, 0.05) is 17.2 Å². The minimum atomic E-state index is -0.132. The van der Waals surface area contributed by atoms with Gasteiger partial charge in [0.25, 0.3) is 0 Å². The van der Waals surface area contributed by atoms with Crippen LogP contribution in [0.5, 0.6) is 17.2 Å². The highest BCUT2D eigenvalue weighted by molar-refractivity contribution is 6.07. The van der Waals surface area contributed by atoms with Crippen molar-refractivity contribution < 1.29 is 19.4 Å². The predicted octanol–water partition coefficient (Wildman–Crippen LogP) is 4.87. The molecule has 0 saturated heterocycles. The van der Waals surface area contributed by atoms with Gasteiger partial charge in [0.15, 0.2) is 5.78 Å². The number of phenolic OH excluding ortho intramolecular Hbond substituents is 1. The fourth-order valence-corrected chi connectivity index (χ4v) is 2.19. The van der Waals surface area contributed by atoms with Gasteiger partial charge in [-0.1, -0.05) is 13.8 Å². The Morgan fingerprint density at radius 1 is 1.00 bits per heavy atom. The van der Waals surface area contributed by atoms with Crippen LogP contribution >= 0.6 is 0 Å². The van der Waals surface area contributed by atoms with Crippen molar-refractivity contribution in [3.63, 3.8) is 0 Å². The van der Waals surface area contributed by atoms with Gasteiger partial charge in [0.05, 0.1) is 13.2 Å². The van der Waals surface area contributed by atoms with Crippen LogP contribution in [0.15, 0.2) is 48.5 Å². The molecule has 25 heavy (non-hydrogen) atoms. The zero-order chi connectivity index (χ0) is 18.1. The molecule has 0 aliphatic carbocycles. The van der Waals surface area contributed by atoms with Gasteiger partial charge in [-0.15, -0.1) is 0 Å². The molecule has 2 aromatic carbocycles. The number of ketones is 1. The van der Waals surface area contributed by atoms with E-state index in [1.165, 1.54) is 18.2 Å². The van der Waals surface area contributed by atoms with E-state index >= 15 is 0 Å². The number of hydrogen-bond donors (Lipinski definition) is 1. The fraction of sp³-hybridized carbons (Fsp3) is 0.286. The second kappa shape index (κ2) is 9.52. The van der Waals surface area contributed by atoms with E-state index in [2.05, 4.69) is 6.92 Å². The molecule has 1 N–H and O–H groups in total. The van der Waals surface area contributed by atoms with Gasteiger partial charge in [-0.05, 0) is 61.4 Å². The first-order valence-electron chi connectivity index (χ1n) is 8.55. The molecule has 0 atom stereocenters. The summed E-state index contributed by atoms with van der Waals surface area (Å²) in [5.41, 5.74) is 1.34. The molecule has 0 bridgehead atoms. The second-order valence-corrected chi connectivity index (χ2v) is 5.64. The minimum absolute atomic E-state index is 0.132. The van der Waals surface area contributed by atoms with E-state index in [0.717, 1.165) is 24.2 Å². The minimum Gasteiger partial charge on any atom is -0.508 e. The van der Waals surface area contributed by atoms with Gasteiger partial charge in [-0.3, -0.25) is 4.79 Å². The average Bonchev–Trinajstić information content (AvgIpc) is 2.64. The third kappa shape index (κ3) is 5.68. The van der Waals surface area contributed by atoms with E-state index in [9.17, 15) is 9.90 Å². The zero-order valence-corrected chi connectivity index (χ0v) is 14.7. The molecule has 0 radical (unpaired) electrons. The number of ether oxygens (including phenoxy) is 2. The van der Waals surface area contributed by atoms with Crippen molar-refractivity contribution in [2.45, 2.75) is 26.7 Å². The van der Waals surface area contributed by atoms with E-state index in [4.69, 9.17) is 9.47 Å². The lowest BCUT2D eigenvalue weighted by Gasteiger charge is -2.11. The largest absolute Gasteiger partial charge is 0.508 e. The molecule has 2 aromatic rings. The van der Waals surface area contributed by atoms with Gasteiger partial charge in [0.2, 0.25) is 0 Å². The summed E-state index contributed by atoms with van der Waals surface area (Å²) >= 11 is 0. The zero-order valence-electron chi connectivity index (χ0n) is 14.7. The third-order valence-electron chi connectivity index (χ3n) is 3.49. The summed E-state index contributed by atoms with van der Waals surface area (Å²) in [6, 6.07) is 11.8. The van der Waals surface area contributed by atoms with Crippen LogP contribution in [0.25, 0.3) is 6.08 Å². The number of aromatic hydroxyl groups is 1. The van der Waals surface area contributed by atoms with Crippen LogP contribution in [0.1, 0.15) is 42.6 Å². The highest BCUT2D eigenvalue weighted by Gasteiger charge is 2.06. The summed E-state index contributed by atoms with van der Waals surface area (Å²) in [5.74, 6) is 1.46. The highest BCUT2D eigenvalue weighted by Crippen LogP contribution is 2.27. The summed E-state index contributed by atoms with van der Waals surface area (Å²) in [6.07, 6.45) is 5.08. The van der Waals surface area contributed by atoms with Crippen LogP contribution in [0.2, 0.25) is 0 Å². The van der Waals surface area contributed by atoms with Crippen LogP contribution in [0, 0.1) is 0 Å². The lowest BCUT2D eigenvalue weighted by Crippen LogP contribution is -2.00. The fourth-order valence-electron chi connectivity index (χ4n) is 2.19. The molecular formula is C21H24O4. The van der Waals surface area contributed by atoms with Crippen molar-refractivity contribution in [3.8, 4) is 17.2 Å². The summed E-state index contributed by atoms with van der Waals surface area (Å²) in [6.45, 7) is 5.35. The van der Waals surface area contributed by atoms with E-state index in [1.807, 2.05) is 25.1 Å². The van der Waals surface area contributed by atoms with Gasteiger partial charge in [-0.2, -0.15) is 0 Å². The van der Waals surface area contributed by atoms with Gasteiger partial charge in [-0.25, -0.2) is 0 Å². The Morgan fingerprint density at radius 3 is 2.36 bits per heavy atom. The molecular weight excluding hydrogens is 316 g/mol. The average molecular weight is 340 g/mol. The number of allylic oxidation sites excluding steroid dienone is 1. The maximum Gasteiger partial charge on any atom is 0.185 e. The van der Waals surface area contributed by atoms with Crippen LogP contribution < -0.4 is 9.47 Å². The van der Waals surface area contributed by atoms with Crippen molar-refractivity contribution in [2.24, 2.45) is 0 Å². The molecule has 0 saturated carbocycles. The van der Waals surface area contributed by atoms with Gasteiger partial charge < -0.3 is 14.6 Å². The molecule has 0 fully saturated rings. The predicted molar refractivity (Wildman–Crippen MR) is 99.5 cm³/mol. The molecule has 0 aromatic heterocycles. The van der Waals surface area contributed by atoms with E-state index < -0.39 is 0 Å². The summed E-state index contributed by atoms with van der Waals surface area (Å²) in [5, 5.41) is 9.30. The number of phenols is 1. The summed E-state index contributed by atoms with van der Waals surface area (Å²) < 4.78 is 11.4. The Labute approximate surface area is 148 Å². The first-order valence-corrected chi connectivity index (χ1v) is 8.55. The van der Waals surface area contributed by atoms with E-state index in [1.54, 1.807) is 18.2 Å². The SMILES string of the molecule is CCCOc1ccc(C=CC(=O)c2ccc(O)cc2)c(OCCC)c1. The Morgan fingerprint density at radius 2 is 1.68 bits per heavy atom. The summed E-state index contributed by atoms with van der Waals surface area (Å²) in [7, 11) is 0. The number of carbonyl (C=O) groups is 1. The maximum atomic E-state index is 12.2. The molecule has 4 heteroatoms. The van der Waals surface area contributed by atoms with Crippen LogP contribution in [-0.4, -0.2) is 24.1 Å². The molecule has 0 aliphatic heterocycles. The molecule has 4 nitrogen and oxygen atoms in total. The number of carbonyl (C=O) groups excluding carboxylic acids is 1. The Kier molecular flexibility index (Phi) is 7.08. The van der Waals surface area contributed by atoms with Gasteiger partial charge >= 0.3 is 0 Å². The molecule has 0 heterocycles. The maximum absolute atomic E-state index is 12.2. The standard InChI is InChI=1S/C21H24O4/c1-3-13-24-19-11-7-17(21(15-19)25-14-4-2)8-12-20(23)16-5-9-18(22)10-6-16/h5-12,15,22H,3-4,13-14H2,1-2H3. The molecule has 132 valence electrons. The molecule has 0 unspecified atom stereocenters. The van der Waals surface area contributed by atoms with Crippen LogP contribution in [0.4, 0.5) is 0 Å². The highest BCUT2D eigenvalue weighted by atomic mass is 16.5. The molecule has 0 amide bonds. The second-order valence-electron chi connectivity index (χ2n) is 5.64. The Balaban J connectivity index is 2.18. The van der Waals surface area contributed by atoms with Crippen LogP contribution in [-0.2, 0) is 0 Å².